The number of hydrogen-bond donors (Lipinski definition) is 14. The van der Waals surface area contributed by atoms with Crippen LogP contribution in [-0.4, -0.2) is 138 Å². The number of H-pyrrole nitrogens is 2. The summed E-state index contributed by atoms with van der Waals surface area (Å²) in [7, 11) is 0. The first-order valence-electron chi connectivity index (χ1n) is 25.5. The number of aromatic amines is 2. The third-order valence-electron chi connectivity index (χ3n) is 13.7. The van der Waals surface area contributed by atoms with Crippen molar-refractivity contribution in [1.29, 1.82) is 0 Å². The molecule has 88 heavy (non-hydrogen) atoms. The van der Waals surface area contributed by atoms with Crippen LogP contribution in [0.1, 0.15) is 22.8 Å². The first kappa shape index (κ1) is 63.7. The smallest absolute Gasteiger partial charge is 0.185 e. The number of rotatable bonds is 20. The number of aliphatic hydroxyl groups is 8. The Hall–Kier alpha value is -8.76. The summed E-state index contributed by atoms with van der Waals surface area (Å²) in [6.07, 6.45) is -4.35. The van der Waals surface area contributed by atoms with E-state index in [1.54, 1.807) is 0 Å². The van der Waals surface area contributed by atoms with Gasteiger partial charge in [-0.05, 0) is 48.6 Å². The van der Waals surface area contributed by atoms with Crippen LogP contribution in [0.3, 0.4) is 0 Å². The summed E-state index contributed by atoms with van der Waals surface area (Å²) < 4.78 is 264. The first-order chi connectivity index (χ1) is 41.8. The SMILES string of the molecule is OCC(O)CNc1c(F)c(F)c(-c2c3nc(c(-c4c(F)c(F)c(NCC(O)CO)c(F)c4F)c4ccc([nH]4)c(-c4c(F)c(F)c(NCC(O)CO)c(F)c4F)c4nc(c(-c5c(F)c(F)c(NCC(O)CO)c(F)c5F)c5ccc2[nH]5)C=C4)C=C3)c(F)c1F. The van der Waals surface area contributed by atoms with Crippen molar-refractivity contribution in [3.8, 4) is 44.5 Å². The minimum Gasteiger partial charge on any atom is -0.394 e. The van der Waals surface area contributed by atoms with Crippen LogP contribution in [0.5, 0.6) is 0 Å². The average molecular weight is 1260 g/mol. The Labute approximate surface area is 482 Å². The highest BCUT2D eigenvalue weighted by Crippen LogP contribution is 2.46. The number of nitrogens with zero attached hydrogens (tertiary/aromatic N) is 2. The highest BCUT2D eigenvalue weighted by atomic mass is 19.2. The van der Waals surface area contributed by atoms with Gasteiger partial charge in [-0.1, -0.05) is 0 Å². The molecule has 4 atom stereocenters. The Kier molecular flexibility index (Phi) is 18.5. The van der Waals surface area contributed by atoms with Crippen molar-refractivity contribution in [2.75, 3.05) is 73.9 Å². The summed E-state index contributed by atoms with van der Waals surface area (Å²) >= 11 is 0. The number of benzene rings is 4. The van der Waals surface area contributed by atoms with Crippen LogP contribution in [0, 0.1) is 93.1 Å². The van der Waals surface area contributed by atoms with Gasteiger partial charge in [0.2, 0.25) is 0 Å². The summed E-state index contributed by atoms with van der Waals surface area (Å²) in [4.78, 5) is 13.2. The van der Waals surface area contributed by atoms with E-state index in [4.69, 9.17) is 0 Å². The van der Waals surface area contributed by atoms with Gasteiger partial charge in [-0.15, -0.1) is 0 Å². The van der Waals surface area contributed by atoms with Crippen LogP contribution in [-0.2, 0) is 0 Å². The molecule has 0 fully saturated rings. The molecule has 32 heteroatoms. The van der Waals surface area contributed by atoms with Gasteiger partial charge in [-0.2, -0.15) is 0 Å². The van der Waals surface area contributed by atoms with Crippen LogP contribution in [0.2, 0.25) is 0 Å². The first-order valence-corrected chi connectivity index (χ1v) is 25.5. The van der Waals surface area contributed by atoms with Gasteiger partial charge in [-0.25, -0.2) is 80.2 Å². The van der Waals surface area contributed by atoms with Gasteiger partial charge in [0.1, 0.15) is 22.7 Å². The lowest BCUT2D eigenvalue weighted by Gasteiger charge is -2.16. The predicted octanol–water partition coefficient (Wildman–Crippen LogP) is 8.61. The normalized spacial score (nSPS) is 13.5. The highest BCUT2D eigenvalue weighted by Gasteiger charge is 2.36. The number of aliphatic hydroxyl groups excluding tert-OH is 8. The molecule has 8 bridgehead atoms. The number of halogens is 16. The van der Waals surface area contributed by atoms with Gasteiger partial charge in [0, 0.05) is 70.5 Å². The summed E-state index contributed by atoms with van der Waals surface area (Å²) in [5, 5.41) is 84.0. The quantitative estimate of drug-likeness (QED) is 0.0252. The van der Waals surface area contributed by atoms with E-state index in [0.717, 1.165) is 24.3 Å². The molecule has 4 aromatic carbocycles. The van der Waals surface area contributed by atoms with E-state index in [1.165, 1.54) is 0 Å². The molecule has 4 unspecified atom stereocenters. The fourth-order valence-electron chi connectivity index (χ4n) is 9.42. The molecule has 0 saturated carbocycles. The molecule has 0 aliphatic carbocycles. The lowest BCUT2D eigenvalue weighted by Crippen LogP contribution is -2.24. The second-order valence-corrected chi connectivity index (χ2v) is 19.4. The second-order valence-electron chi connectivity index (χ2n) is 19.4. The number of nitrogens with one attached hydrogen (secondary N) is 6. The van der Waals surface area contributed by atoms with Crippen LogP contribution in [0.15, 0.2) is 24.3 Å². The van der Waals surface area contributed by atoms with E-state index in [-0.39, 0.29) is 0 Å². The van der Waals surface area contributed by atoms with E-state index in [1.807, 2.05) is 21.3 Å². The maximum Gasteiger partial charge on any atom is 0.185 e. The van der Waals surface area contributed by atoms with Gasteiger partial charge in [0.25, 0.3) is 0 Å². The van der Waals surface area contributed by atoms with Crippen molar-refractivity contribution in [1.82, 2.24) is 19.9 Å². The van der Waals surface area contributed by atoms with Gasteiger partial charge in [0.05, 0.1) is 95.9 Å². The van der Waals surface area contributed by atoms with Crippen molar-refractivity contribution in [3.05, 3.63) is 140 Å². The largest absolute Gasteiger partial charge is 0.394 e. The lowest BCUT2D eigenvalue weighted by molar-refractivity contribution is 0.105. The Bertz CT molecular complexity index is 3570. The molecule has 466 valence electrons. The van der Waals surface area contributed by atoms with Crippen LogP contribution < -0.4 is 21.3 Å². The van der Waals surface area contributed by atoms with Gasteiger partial charge < -0.3 is 72.1 Å². The molecule has 0 radical (unpaired) electrons. The van der Waals surface area contributed by atoms with Crippen molar-refractivity contribution >= 4 is 69.1 Å². The minimum absolute atomic E-state index is 0.697. The number of anilines is 4. The molecular weight excluding hydrogens is 1220 g/mol. The minimum atomic E-state index is -2.32. The Morgan fingerprint density at radius 3 is 0.614 bits per heavy atom. The molecule has 7 aromatic rings. The molecule has 14 N–H and O–H groups in total. The fraction of sp³-hybridized carbons (Fsp3) is 0.214. The Balaban J connectivity index is 1.51. The highest BCUT2D eigenvalue weighted by molar-refractivity contribution is 6.01. The molecule has 0 amide bonds. The molecule has 0 spiro atoms. The van der Waals surface area contributed by atoms with Gasteiger partial charge in [0.15, 0.2) is 93.1 Å². The molecule has 2 aliphatic heterocycles. The van der Waals surface area contributed by atoms with Crippen molar-refractivity contribution in [2.45, 2.75) is 24.4 Å². The standard InChI is InChI=1S/C56H42F16N8O8/c57-37-33(38(58)46(66)53(45(37)65)73-9-17(85)13-81)29-21-1-2-22(77-21)30(34-39(59)47(67)54(48(68)40(34)60)74-10-18(86)14-82)24-5-6-26(79-24)32(36-43(63)51(71)56(52(72)44(36)64)76-12-20(88)16-84)28-8-7-27(80-28)31(25-4-3-23(29)78-25)35-41(61)49(69)55(50(70)42(35)62)75-11-19(87)15-83/h1-8,17-20,73-77,80-88H,9-16H2. The van der Waals surface area contributed by atoms with Gasteiger partial charge in [-0.3, -0.25) is 0 Å². The van der Waals surface area contributed by atoms with Crippen molar-refractivity contribution < 1.29 is 111 Å². The number of aromatic nitrogens is 4. The predicted molar refractivity (Wildman–Crippen MR) is 286 cm³/mol. The van der Waals surface area contributed by atoms with E-state index < -0.39 is 282 Å². The van der Waals surface area contributed by atoms with E-state index >= 15 is 70.2 Å². The molecule has 5 heterocycles. The monoisotopic (exact) mass is 1260 g/mol. The van der Waals surface area contributed by atoms with E-state index in [9.17, 15) is 40.9 Å². The van der Waals surface area contributed by atoms with Crippen LogP contribution >= 0.6 is 0 Å². The van der Waals surface area contributed by atoms with Crippen molar-refractivity contribution in [2.24, 2.45) is 0 Å². The zero-order valence-electron chi connectivity index (χ0n) is 44.1. The average Bonchev–Trinajstić information content (AvgIpc) is 1.68. The maximum atomic E-state index is 16.8. The molecule has 9 rings (SSSR count). The Morgan fingerprint density at radius 2 is 0.455 bits per heavy atom. The van der Waals surface area contributed by atoms with Gasteiger partial charge >= 0.3 is 0 Å². The summed E-state index contributed by atoms with van der Waals surface area (Å²) in [5.41, 5.74) is -25.3. The summed E-state index contributed by atoms with van der Waals surface area (Å²) in [6, 6.07) is 2.90. The third kappa shape index (κ3) is 11.3. The van der Waals surface area contributed by atoms with E-state index in [2.05, 4.69) is 19.9 Å². The molecule has 16 nitrogen and oxygen atoms in total. The number of hydrogen-bond acceptors (Lipinski definition) is 14. The molecule has 2 aliphatic rings. The summed E-state index contributed by atoms with van der Waals surface area (Å²) in [6.45, 7) is -7.88. The molecule has 3 aromatic heterocycles. The van der Waals surface area contributed by atoms with Crippen LogP contribution in [0.4, 0.5) is 93.0 Å². The fourth-order valence-corrected chi connectivity index (χ4v) is 9.42. The van der Waals surface area contributed by atoms with E-state index in [0.29, 0.717) is 24.3 Å². The van der Waals surface area contributed by atoms with Crippen molar-refractivity contribution in [3.63, 3.8) is 0 Å². The molecule has 0 saturated heterocycles. The second kappa shape index (κ2) is 25.5. The number of fused-ring (bicyclic) bond motifs is 8. The molecular formula is C56H42F16N8O8. The topological polar surface area (TPSA) is 267 Å². The maximum absolute atomic E-state index is 16.8. The zero-order chi connectivity index (χ0) is 64.1. The van der Waals surface area contributed by atoms with Crippen LogP contribution in [0.25, 0.3) is 90.9 Å². The summed E-state index contributed by atoms with van der Waals surface area (Å²) in [5.74, 6) is -36.5. The Morgan fingerprint density at radius 1 is 0.284 bits per heavy atom. The third-order valence-corrected chi connectivity index (χ3v) is 13.7. The zero-order valence-corrected chi connectivity index (χ0v) is 44.1. The lowest BCUT2D eigenvalue weighted by atomic mass is 10.0.